The van der Waals surface area contributed by atoms with E-state index < -0.39 is 0 Å². The molecule has 1 unspecified atom stereocenters. The largest absolute Gasteiger partial charge is 0.313 e. The predicted octanol–water partition coefficient (Wildman–Crippen LogP) is 3.60. The number of rotatable bonds is 5. The third kappa shape index (κ3) is 4.29. The Bertz CT molecular complexity index is 431. The predicted molar refractivity (Wildman–Crippen MR) is 82.3 cm³/mol. The maximum absolute atomic E-state index is 13.3. The van der Waals surface area contributed by atoms with E-state index in [1.807, 2.05) is 13.1 Å². The van der Waals surface area contributed by atoms with Crippen LogP contribution in [0, 0.1) is 11.2 Å². The summed E-state index contributed by atoms with van der Waals surface area (Å²) in [4.78, 5) is 2.55. The molecule has 1 fully saturated rings. The van der Waals surface area contributed by atoms with Gasteiger partial charge in [-0.15, -0.1) is 0 Å². The highest BCUT2D eigenvalue weighted by Crippen LogP contribution is 2.29. The van der Waals surface area contributed by atoms with Crippen molar-refractivity contribution in [3.05, 3.63) is 35.6 Å². The molecule has 0 radical (unpaired) electrons. The van der Waals surface area contributed by atoms with Crippen molar-refractivity contribution in [1.29, 1.82) is 0 Å². The first kappa shape index (κ1) is 15.5. The highest BCUT2D eigenvalue weighted by atomic mass is 19.1. The van der Waals surface area contributed by atoms with Crippen LogP contribution in [0.15, 0.2) is 24.3 Å². The molecule has 0 aromatic heterocycles. The quantitative estimate of drug-likeness (QED) is 0.885. The Hall–Kier alpha value is -0.930. The van der Waals surface area contributed by atoms with Gasteiger partial charge in [0.25, 0.3) is 0 Å². The molecule has 0 bridgehead atoms. The minimum Gasteiger partial charge on any atom is -0.313 e. The molecule has 112 valence electrons. The van der Waals surface area contributed by atoms with Crippen molar-refractivity contribution in [2.45, 2.75) is 39.2 Å². The van der Waals surface area contributed by atoms with Gasteiger partial charge in [-0.25, -0.2) is 4.39 Å². The summed E-state index contributed by atoms with van der Waals surface area (Å²) in [7, 11) is 1.95. The highest BCUT2D eigenvalue weighted by Gasteiger charge is 2.26. The Labute approximate surface area is 122 Å². The van der Waals surface area contributed by atoms with Crippen LogP contribution in [0.4, 0.5) is 4.39 Å². The molecule has 2 rings (SSSR count). The number of halogens is 1. The molecule has 0 spiro atoms. The van der Waals surface area contributed by atoms with E-state index in [1.165, 1.54) is 32.0 Å². The smallest absolute Gasteiger partial charge is 0.123 e. The van der Waals surface area contributed by atoms with Crippen LogP contribution >= 0.6 is 0 Å². The Kier molecular flexibility index (Phi) is 5.17. The van der Waals surface area contributed by atoms with Crippen molar-refractivity contribution in [3.8, 4) is 0 Å². The average Bonchev–Trinajstić information content (AvgIpc) is 2.38. The second-order valence-corrected chi connectivity index (χ2v) is 6.73. The lowest BCUT2D eigenvalue weighted by molar-refractivity contribution is 0.113. The zero-order valence-electron chi connectivity index (χ0n) is 13.0. The van der Waals surface area contributed by atoms with Crippen molar-refractivity contribution in [1.82, 2.24) is 10.2 Å². The molecule has 0 saturated carbocycles. The summed E-state index contributed by atoms with van der Waals surface area (Å²) < 4.78 is 13.3. The monoisotopic (exact) mass is 278 g/mol. The molecule has 1 N–H and O–H groups in total. The van der Waals surface area contributed by atoms with Crippen LogP contribution in [0.3, 0.4) is 0 Å². The first-order valence-electron chi connectivity index (χ1n) is 7.65. The van der Waals surface area contributed by atoms with Gasteiger partial charge in [-0.1, -0.05) is 26.0 Å². The van der Waals surface area contributed by atoms with E-state index in [2.05, 4.69) is 24.1 Å². The lowest BCUT2D eigenvalue weighted by Crippen LogP contribution is -2.41. The Morgan fingerprint density at radius 3 is 2.85 bits per heavy atom. The third-order valence-electron chi connectivity index (χ3n) is 4.31. The van der Waals surface area contributed by atoms with Crippen molar-refractivity contribution >= 4 is 0 Å². The topological polar surface area (TPSA) is 15.3 Å². The van der Waals surface area contributed by atoms with Crippen molar-refractivity contribution in [3.63, 3.8) is 0 Å². The number of hydrogen-bond donors (Lipinski definition) is 1. The van der Waals surface area contributed by atoms with Crippen molar-refractivity contribution < 1.29 is 4.39 Å². The normalized spacial score (nSPS) is 20.8. The number of nitrogens with one attached hydrogen (secondary N) is 1. The standard InChI is InChI=1S/C17H27FN2/c1-17(2)9-5-10-20(13-17)11-8-16(19-3)14-6-4-7-15(18)12-14/h4,6-7,12,16,19H,5,8-11,13H2,1-3H3. The van der Waals surface area contributed by atoms with Gasteiger partial charge in [0.2, 0.25) is 0 Å². The molecule has 1 aliphatic heterocycles. The van der Waals surface area contributed by atoms with Gasteiger partial charge in [-0.3, -0.25) is 0 Å². The van der Waals surface area contributed by atoms with Gasteiger partial charge in [0.15, 0.2) is 0 Å². The molecule has 0 amide bonds. The van der Waals surface area contributed by atoms with E-state index in [0.717, 1.165) is 18.5 Å². The Morgan fingerprint density at radius 1 is 1.40 bits per heavy atom. The Morgan fingerprint density at radius 2 is 2.20 bits per heavy atom. The molecule has 20 heavy (non-hydrogen) atoms. The van der Waals surface area contributed by atoms with Gasteiger partial charge in [-0.2, -0.15) is 0 Å². The molecule has 2 nitrogen and oxygen atoms in total. The number of benzene rings is 1. The molecule has 1 atom stereocenters. The van der Waals surface area contributed by atoms with Gasteiger partial charge >= 0.3 is 0 Å². The van der Waals surface area contributed by atoms with Gasteiger partial charge in [0, 0.05) is 12.6 Å². The molecule has 1 aromatic carbocycles. The van der Waals surface area contributed by atoms with Crippen LogP contribution in [0.2, 0.25) is 0 Å². The number of hydrogen-bond acceptors (Lipinski definition) is 2. The van der Waals surface area contributed by atoms with Crippen LogP contribution in [0.25, 0.3) is 0 Å². The average molecular weight is 278 g/mol. The fourth-order valence-corrected chi connectivity index (χ4v) is 3.25. The lowest BCUT2D eigenvalue weighted by Gasteiger charge is -2.38. The summed E-state index contributed by atoms with van der Waals surface area (Å²) in [6.07, 6.45) is 3.63. The number of likely N-dealkylation sites (tertiary alicyclic amines) is 1. The van der Waals surface area contributed by atoms with Gasteiger partial charge in [0.05, 0.1) is 0 Å². The zero-order chi connectivity index (χ0) is 14.6. The summed E-state index contributed by atoms with van der Waals surface area (Å²) in [5.41, 5.74) is 1.48. The van der Waals surface area contributed by atoms with Crippen LogP contribution in [0.5, 0.6) is 0 Å². The Balaban J connectivity index is 1.91. The minimum atomic E-state index is -0.151. The van der Waals surface area contributed by atoms with E-state index in [4.69, 9.17) is 0 Å². The molecule has 1 heterocycles. The van der Waals surface area contributed by atoms with Crippen molar-refractivity contribution in [2.24, 2.45) is 5.41 Å². The zero-order valence-corrected chi connectivity index (χ0v) is 13.0. The second-order valence-electron chi connectivity index (χ2n) is 6.73. The summed E-state index contributed by atoms with van der Waals surface area (Å²) in [6.45, 7) is 8.14. The molecule has 1 aromatic rings. The molecule has 0 aliphatic carbocycles. The van der Waals surface area contributed by atoms with E-state index in [0.29, 0.717) is 5.41 Å². The minimum absolute atomic E-state index is 0.151. The van der Waals surface area contributed by atoms with E-state index in [1.54, 1.807) is 12.1 Å². The number of nitrogens with zero attached hydrogens (tertiary/aromatic N) is 1. The van der Waals surface area contributed by atoms with Crippen LogP contribution in [-0.2, 0) is 0 Å². The molecular weight excluding hydrogens is 251 g/mol. The SMILES string of the molecule is CNC(CCN1CCCC(C)(C)C1)c1cccc(F)c1. The summed E-state index contributed by atoms with van der Waals surface area (Å²) >= 11 is 0. The number of piperidine rings is 1. The molecule has 3 heteroatoms. The summed E-state index contributed by atoms with van der Waals surface area (Å²) in [5, 5.41) is 3.31. The third-order valence-corrected chi connectivity index (χ3v) is 4.31. The maximum Gasteiger partial charge on any atom is 0.123 e. The molecule has 1 saturated heterocycles. The van der Waals surface area contributed by atoms with Crippen molar-refractivity contribution in [2.75, 3.05) is 26.7 Å². The van der Waals surface area contributed by atoms with E-state index in [9.17, 15) is 4.39 Å². The fraction of sp³-hybridized carbons (Fsp3) is 0.647. The van der Waals surface area contributed by atoms with Crippen LogP contribution < -0.4 is 5.32 Å². The second kappa shape index (κ2) is 6.68. The maximum atomic E-state index is 13.3. The van der Waals surface area contributed by atoms with Crippen LogP contribution in [0.1, 0.15) is 44.7 Å². The highest BCUT2D eigenvalue weighted by molar-refractivity contribution is 5.20. The first-order chi connectivity index (χ1) is 9.50. The molecule has 1 aliphatic rings. The first-order valence-corrected chi connectivity index (χ1v) is 7.65. The van der Waals surface area contributed by atoms with E-state index >= 15 is 0 Å². The lowest BCUT2D eigenvalue weighted by atomic mass is 9.84. The van der Waals surface area contributed by atoms with Gasteiger partial charge < -0.3 is 10.2 Å². The summed E-state index contributed by atoms with van der Waals surface area (Å²) in [5.74, 6) is -0.151. The molecular formula is C17H27FN2. The van der Waals surface area contributed by atoms with Crippen LogP contribution in [-0.4, -0.2) is 31.6 Å². The fourth-order valence-electron chi connectivity index (χ4n) is 3.25. The summed E-state index contributed by atoms with van der Waals surface area (Å²) in [6, 6.07) is 7.17. The van der Waals surface area contributed by atoms with Gasteiger partial charge in [0.1, 0.15) is 5.82 Å². The van der Waals surface area contributed by atoms with Gasteiger partial charge in [-0.05, 0) is 62.5 Å². The van der Waals surface area contributed by atoms with E-state index in [-0.39, 0.29) is 11.9 Å².